The van der Waals surface area contributed by atoms with Crippen LogP contribution in [0.3, 0.4) is 0 Å². The van der Waals surface area contributed by atoms with E-state index in [2.05, 4.69) is 0 Å². The number of aliphatic hydroxyl groups is 1. The molecule has 1 N–H and O–H groups in total. The fourth-order valence-corrected chi connectivity index (χ4v) is 2.61. The van der Waals surface area contributed by atoms with Crippen LogP contribution in [0.15, 0.2) is 30.3 Å². The second kappa shape index (κ2) is 5.71. The van der Waals surface area contributed by atoms with Crippen LogP contribution in [0.1, 0.15) is 33.9 Å². The van der Waals surface area contributed by atoms with Gasteiger partial charge in [0.15, 0.2) is 0 Å². The summed E-state index contributed by atoms with van der Waals surface area (Å²) in [6, 6.07) is 7.24. The van der Waals surface area contributed by atoms with Crippen LogP contribution in [0, 0.1) is 32.4 Å². The Labute approximate surface area is 117 Å². The Kier molecular flexibility index (Phi) is 4.19. The van der Waals surface area contributed by atoms with Gasteiger partial charge in [-0.1, -0.05) is 17.7 Å². The van der Waals surface area contributed by atoms with Crippen LogP contribution in [0.4, 0.5) is 8.78 Å². The number of halogens is 2. The van der Waals surface area contributed by atoms with Crippen molar-refractivity contribution in [1.82, 2.24) is 0 Å². The number of aryl methyl sites for hydroxylation is 3. The molecule has 106 valence electrons. The molecule has 2 aromatic carbocycles. The maximum absolute atomic E-state index is 13.2. The van der Waals surface area contributed by atoms with Gasteiger partial charge in [-0.3, -0.25) is 0 Å². The molecular formula is C17H18F2O. The molecule has 0 amide bonds. The Morgan fingerprint density at radius 2 is 1.40 bits per heavy atom. The normalized spacial score (nSPS) is 12.5. The van der Waals surface area contributed by atoms with Gasteiger partial charge in [0, 0.05) is 12.5 Å². The fraction of sp³-hybridized carbons (Fsp3) is 0.294. The quantitative estimate of drug-likeness (QED) is 0.892. The van der Waals surface area contributed by atoms with Gasteiger partial charge in [0.2, 0.25) is 0 Å². The van der Waals surface area contributed by atoms with Crippen molar-refractivity contribution in [2.24, 2.45) is 0 Å². The molecule has 0 saturated carbocycles. The Hall–Kier alpha value is -1.74. The predicted molar refractivity (Wildman–Crippen MR) is 75.7 cm³/mol. The first-order valence-electron chi connectivity index (χ1n) is 6.57. The molecular weight excluding hydrogens is 258 g/mol. The number of hydrogen-bond donors (Lipinski definition) is 1. The Morgan fingerprint density at radius 3 is 1.90 bits per heavy atom. The number of aliphatic hydroxyl groups excluding tert-OH is 1. The first-order valence-corrected chi connectivity index (χ1v) is 6.57. The average Bonchev–Trinajstić information content (AvgIpc) is 2.32. The van der Waals surface area contributed by atoms with E-state index in [0.717, 1.165) is 28.3 Å². The van der Waals surface area contributed by atoms with Crippen molar-refractivity contribution < 1.29 is 13.9 Å². The minimum Gasteiger partial charge on any atom is -0.388 e. The lowest BCUT2D eigenvalue weighted by atomic mass is 9.93. The molecule has 0 radical (unpaired) electrons. The second-order valence-corrected chi connectivity index (χ2v) is 5.30. The van der Waals surface area contributed by atoms with Crippen molar-refractivity contribution in [3.63, 3.8) is 0 Å². The van der Waals surface area contributed by atoms with E-state index in [0.29, 0.717) is 6.42 Å². The van der Waals surface area contributed by atoms with Crippen LogP contribution >= 0.6 is 0 Å². The van der Waals surface area contributed by atoms with E-state index in [4.69, 9.17) is 0 Å². The first kappa shape index (κ1) is 14.7. The van der Waals surface area contributed by atoms with Crippen LogP contribution in [-0.4, -0.2) is 5.11 Å². The summed E-state index contributed by atoms with van der Waals surface area (Å²) in [5.41, 5.74) is 4.61. The van der Waals surface area contributed by atoms with E-state index in [1.165, 1.54) is 12.1 Å². The first-order chi connectivity index (χ1) is 9.36. The zero-order valence-corrected chi connectivity index (χ0v) is 11.9. The zero-order chi connectivity index (χ0) is 14.9. The van der Waals surface area contributed by atoms with Crippen molar-refractivity contribution in [3.8, 4) is 0 Å². The van der Waals surface area contributed by atoms with Gasteiger partial charge in [-0.05, 0) is 55.2 Å². The predicted octanol–water partition coefficient (Wildman–Crippen LogP) is 4.17. The molecule has 0 bridgehead atoms. The smallest absolute Gasteiger partial charge is 0.126 e. The maximum atomic E-state index is 13.2. The molecule has 1 nitrogen and oxygen atoms in total. The molecule has 0 aliphatic rings. The van der Waals surface area contributed by atoms with Crippen LogP contribution in [-0.2, 0) is 6.42 Å². The molecule has 3 heteroatoms. The van der Waals surface area contributed by atoms with E-state index < -0.39 is 17.7 Å². The van der Waals surface area contributed by atoms with E-state index in [-0.39, 0.29) is 5.56 Å². The van der Waals surface area contributed by atoms with Gasteiger partial charge in [0.25, 0.3) is 0 Å². The summed E-state index contributed by atoms with van der Waals surface area (Å²) in [5, 5.41) is 10.2. The Balaban J connectivity index is 2.30. The molecule has 0 fully saturated rings. The summed E-state index contributed by atoms with van der Waals surface area (Å²) in [4.78, 5) is 0. The third-order valence-corrected chi connectivity index (χ3v) is 3.51. The van der Waals surface area contributed by atoms with Crippen LogP contribution in [0.2, 0.25) is 0 Å². The number of rotatable bonds is 3. The summed E-state index contributed by atoms with van der Waals surface area (Å²) in [7, 11) is 0. The van der Waals surface area contributed by atoms with Crippen LogP contribution in [0.5, 0.6) is 0 Å². The number of hydrogen-bond acceptors (Lipinski definition) is 1. The highest BCUT2D eigenvalue weighted by Crippen LogP contribution is 2.25. The summed E-state index contributed by atoms with van der Waals surface area (Å²) in [6.45, 7) is 5.98. The van der Waals surface area contributed by atoms with Gasteiger partial charge in [-0.25, -0.2) is 8.78 Å². The molecule has 0 saturated heterocycles. The summed E-state index contributed by atoms with van der Waals surface area (Å²) < 4.78 is 26.4. The lowest BCUT2D eigenvalue weighted by molar-refractivity contribution is 0.177. The van der Waals surface area contributed by atoms with Crippen molar-refractivity contribution >= 4 is 0 Å². The average molecular weight is 276 g/mol. The molecule has 0 aromatic heterocycles. The lowest BCUT2D eigenvalue weighted by Gasteiger charge is -2.16. The van der Waals surface area contributed by atoms with Gasteiger partial charge in [-0.2, -0.15) is 0 Å². The highest BCUT2D eigenvalue weighted by molar-refractivity contribution is 5.38. The lowest BCUT2D eigenvalue weighted by Crippen LogP contribution is -2.06. The van der Waals surface area contributed by atoms with Gasteiger partial charge in [0.05, 0.1) is 6.10 Å². The van der Waals surface area contributed by atoms with Crippen molar-refractivity contribution in [3.05, 3.63) is 69.8 Å². The third kappa shape index (κ3) is 3.23. The largest absolute Gasteiger partial charge is 0.388 e. The van der Waals surface area contributed by atoms with Crippen molar-refractivity contribution in [2.75, 3.05) is 0 Å². The van der Waals surface area contributed by atoms with Gasteiger partial charge in [0.1, 0.15) is 11.6 Å². The monoisotopic (exact) mass is 276 g/mol. The summed E-state index contributed by atoms with van der Waals surface area (Å²) >= 11 is 0. The van der Waals surface area contributed by atoms with Gasteiger partial charge < -0.3 is 5.11 Å². The Morgan fingerprint density at radius 1 is 0.900 bits per heavy atom. The molecule has 1 unspecified atom stereocenters. The minimum absolute atomic E-state index is 0.266. The van der Waals surface area contributed by atoms with Crippen LogP contribution < -0.4 is 0 Å². The number of benzene rings is 2. The second-order valence-electron chi connectivity index (χ2n) is 5.30. The van der Waals surface area contributed by atoms with E-state index in [1.807, 2.05) is 32.9 Å². The maximum Gasteiger partial charge on any atom is 0.126 e. The molecule has 0 heterocycles. The molecule has 0 aliphatic carbocycles. The van der Waals surface area contributed by atoms with E-state index in [1.54, 1.807) is 0 Å². The minimum atomic E-state index is -0.916. The van der Waals surface area contributed by atoms with Crippen LogP contribution in [0.25, 0.3) is 0 Å². The Bertz CT molecular complexity index is 592. The zero-order valence-electron chi connectivity index (χ0n) is 11.9. The summed E-state index contributed by atoms with van der Waals surface area (Å²) in [6.07, 6.45) is -0.568. The fourth-order valence-electron chi connectivity index (χ4n) is 2.61. The summed E-state index contributed by atoms with van der Waals surface area (Å²) in [5.74, 6) is -1.34. The highest BCUT2D eigenvalue weighted by Gasteiger charge is 2.14. The molecule has 0 aliphatic heterocycles. The molecule has 2 rings (SSSR count). The standard InChI is InChI=1S/C17H18F2O/c1-10-4-11(2)16(12(3)5-10)9-17(20)13-6-14(18)8-15(19)7-13/h4-8,17,20H,9H2,1-3H3. The highest BCUT2D eigenvalue weighted by atomic mass is 19.1. The van der Waals surface area contributed by atoms with Gasteiger partial charge >= 0.3 is 0 Å². The van der Waals surface area contributed by atoms with E-state index >= 15 is 0 Å². The van der Waals surface area contributed by atoms with Crippen molar-refractivity contribution in [1.29, 1.82) is 0 Å². The molecule has 20 heavy (non-hydrogen) atoms. The molecule has 1 atom stereocenters. The molecule has 0 spiro atoms. The topological polar surface area (TPSA) is 20.2 Å². The van der Waals surface area contributed by atoms with E-state index in [9.17, 15) is 13.9 Å². The third-order valence-electron chi connectivity index (χ3n) is 3.51. The SMILES string of the molecule is Cc1cc(C)c(CC(O)c2cc(F)cc(F)c2)c(C)c1. The molecule has 2 aromatic rings. The van der Waals surface area contributed by atoms with Gasteiger partial charge in [-0.15, -0.1) is 0 Å². The van der Waals surface area contributed by atoms with Crippen molar-refractivity contribution in [2.45, 2.75) is 33.3 Å².